The molecular formula is C12H17NO7S. The molecular weight excluding hydrogens is 302 g/mol. The smallest absolute Gasteiger partial charge is 0.340 e. The van der Waals surface area contributed by atoms with Crippen LogP contribution >= 0.6 is 0 Å². The molecule has 9 heteroatoms. The first-order chi connectivity index (χ1) is 9.70. The average Bonchev–Trinajstić information content (AvgIpc) is 2.65. The van der Waals surface area contributed by atoms with Gasteiger partial charge in [0, 0.05) is 6.54 Å². The average molecular weight is 319 g/mol. The van der Waals surface area contributed by atoms with E-state index in [0.29, 0.717) is 0 Å². The molecule has 2 N–H and O–H groups in total. The molecule has 0 aliphatic carbocycles. The van der Waals surface area contributed by atoms with Crippen molar-refractivity contribution in [1.82, 2.24) is 4.72 Å². The number of aryl methyl sites for hydroxylation is 2. The predicted molar refractivity (Wildman–Crippen MR) is 71.6 cm³/mol. The van der Waals surface area contributed by atoms with Gasteiger partial charge in [-0.2, -0.15) is 0 Å². The normalized spacial score (nSPS) is 11.4. The lowest BCUT2D eigenvalue weighted by molar-refractivity contribution is -0.142. The molecule has 1 aromatic rings. The molecule has 0 unspecified atom stereocenters. The lowest BCUT2D eigenvalue weighted by atomic mass is 10.2. The van der Waals surface area contributed by atoms with Gasteiger partial charge < -0.3 is 14.3 Å². The third kappa shape index (κ3) is 4.05. The minimum Gasteiger partial charge on any atom is -0.478 e. The topological polar surface area (TPSA) is 123 Å². The van der Waals surface area contributed by atoms with Crippen LogP contribution in [0.5, 0.6) is 0 Å². The molecule has 0 aliphatic rings. The molecule has 0 fully saturated rings. The second-order valence-electron chi connectivity index (χ2n) is 4.18. The van der Waals surface area contributed by atoms with Crippen molar-refractivity contribution < 1.29 is 32.3 Å². The standard InChI is InChI=1S/C12H17NO7S/c1-4-19-9(14)5-6-13-21(17,18)11-8(3)20-7(2)10(11)12(15)16/h13H,4-6H2,1-3H3,(H,15,16). The van der Waals surface area contributed by atoms with Crippen LogP contribution in [-0.4, -0.2) is 38.6 Å². The first-order valence-electron chi connectivity index (χ1n) is 6.19. The van der Waals surface area contributed by atoms with Gasteiger partial charge in [-0.3, -0.25) is 4.79 Å². The Balaban J connectivity index is 2.94. The molecule has 0 radical (unpaired) electrons. The summed E-state index contributed by atoms with van der Waals surface area (Å²) in [6.07, 6.45) is -0.147. The summed E-state index contributed by atoms with van der Waals surface area (Å²) in [6.45, 7) is 4.38. The van der Waals surface area contributed by atoms with Crippen molar-refractivity contribution in [3.63, 3.8) is 0 Å². The number of carboxylic acid groups (broad SMARTS) is 1. The number of carbonyl (C=O) groups is 2. The maximum Gasteiger partial charge on any atom is 0.340 e. The van der Waals surface area contributed by atoms with Gasteiger partial charge in [-0.15, -0.1) is 0 Å². The number of hydrogen-bond donors (Lipinski definition) is 2. The molecule has 0 saturated heterocycles. The van der Waals surface area contributed by atoms with Crippen molar-refractivity contribution in [1.29, 1.82) is 0 Å². The summed E-state index contributed by atoms with van der Waals surface area (Å²) in [5, 5.41) is 9.08. The van der Waals surface area contributed by atoms with Gasteiger partial charge in [0.2, 0.25) is 10.0 Å². The highest BCUT2D eigenvalue weighted by Gasteiger charge is 2.30. The maximum atomic E-state index is 12.1. The summed E-state index contributed by atoms with van der Waals surface area (Å²) < 4.78 is 36.2. The zero-order chi connectivity index (χ0) is 16.2. The number of aromatic carboxylic acids is 1. The number of esters is 1. The second kappa shape index (κ2) is 6.72. The quantitative estimate of drug-likeness (QED) is 0.713. The molecule has 0 aliphatic heterocycles. The van der Waals surface area contributed by atoms with E-state index < -0.39 is 32.4 Å². The summed E-state index contributed by atoms with van der Waals surface area (Å²) in [6, 6.07) is 0. The lowest BCUT2D eigenvalue weighted by Crippen LogP contribution is -2.28. The van der Waals surface area contributed by atoms with E-state index in [1.54, 1.807) is 6.92 Å². The number of rotatable bonds is 7. The fourth-order valence-electron chi connectivity index (χ4n) is 1.83. The minimum atomic E-state index is -4.09. The Bertz CT molecular complexity index is 645. The van der Waals surface area contributed by atoms with Crippen molar-refractivity contribution in [3.8, 4) is 0 Å². The van der Waals surface area contributed by atoms with E-state index in [1.165, 1.54) is 13.8 Å². The molecule has 8 nitrogen and oxygen atoms in total. The Kier molecular flexibility index (Phi) is 5.50. The SMILES string of the molecule is CCOC(=O)CCNS(=O)(=O)c1c(C)oc(C)c1C(=O)O. The number of ether oxygens (including phenoxy) is 1. The van der Waals surface area contributed by atoms with Crippen molar-refractivity contribution in [2.24, 2.45) is 0 Å². The Morgan fingerprint density at radius 2 is 1.90 bits per heavy atom. The zero-order valence-corrected chi connectivity index (χ0v) is 12.7. The third-order valence-electron chi connectivity index (χ3n) is 2.61. The number of hydrogen-bond acceptors (Lipinski definition) is 6. The number of carbonyl (C=O) groups excluding carboxylic acids is 1. The monoisotopic (exact) mass is 319 g/mol. The number of furan rings is 1. The minimum absolute atomic E-state index is 0.00534. The first kappa shape index (κ1) is 17.2. The fraction of sp³-hybridized carbons (Fsp3) is 0.500. The molecule has 0 amide bonds. The summed E-state index contributed by atoms with van der Waals surface area (Å²) >= 11 is 0. The van der Waals surface area contributed by atoms with E-state index in [4.69, 9.17) is 9.52 Å². The van der Waals surface area contributed by atoms with E-state index >= 15 is 0 Å². The summed E-state index contributed by atoms with van der Waals surface area (Å²) in [5.74, 6) is -1.95. The number of nitrogens with one attached hydrogen (secondary N) is 1. The van der Waals surface area contributed by atoms with Crippen LogP contribution in [0.15, 0.2) is 9.31 Å². The highest BCUT2D eigenvalue weighted by atomic mass is 32.2. The van der Waals surface area contributed by atoms with Gasteiger partial charge in [-0.05, 0) is 20.8 Å². The third-order valence-corrected chi connectivity index (χ3v) is 4.23. The van der Waals surface area contributed by atoms with Crippen molar-refractivity contribution >= 4 is 22.0 Å². The van der Waals surface area contributed by atoms with E-state index in [-0.39, 0.29) is 31.1 Å². The van der Waals surface area contributed by atoms with Gasteiger partial charge >= 0.3 is 11.9 Å². The summed E-state index contributed by atoms with van der Waals surface area (Å²) in [7, 11) is -4.09. The molecule has 1 heterocycles. The summed E-state index contributed by atoms with van der Waals surface area (Å²) in [5.41, 5.74) is -0.406. The molecule has 0 bridgehead atoms. The van der Waals surface area contributed by atoms with Gasteiger partial charge in [-0.25, -0.2) is 17.9 Å². The van der Waals surface area contributed by atoms with Gasteiger partial charge in [-0.1, -0.05) is 0 Å². The van der Waals surface area contributed by atoms with Gasteiger partial charge in [0.05, 0.1) is 13.0 Å². The Morgan fingerprint density at radius 3 is 2.43 bits per heavy atom. The van der Waals surface area contributed by atoms with Crippen molar-refractivity contribution in [2.45, 2.75) is 32.1 Å². The van der Waals surface area contributed by atoms with Crippen LogP contribution in [0.1, 0.15) is 35.2 Å². The van der Waals surface area contributed by atoms with Crippen LogP contribution < -0.4 is 4.72 Å². The molecule has 0 saturated carbocycles. The second-order valence-corrected chi connectivity index (χ2v) is 5.88. The Morgan fingerprint density at radius 1 is 1.29 bits per heavy atom. The molecule has 1 rings (SSSR count). The Labute approximate surface area is 122 Å². The van der Waals surface area contributed by atoms with Crippen LogP contribution in [0.25, 0.3) is 0 Å². The van der Waals surface area contributed by atoms with E-state index in [0.717, 1.165) is 0 Å². The van der Waals surface area contributed by atoms with Crippen LogP contribution in [0.2, 0.25) is 0 Å². The van der Waals surface area contributed by atoms with Gasteiger partial charge in [0.15, 0.2) is 0 Å². The van der Waals surface area contributed by atoms with E-state index in [1.807, 2.05) is 0 Å². The van der Waals surface area contributed by atoms with Crippen molar-refractivity contribution in [3.05, 3.63) is 17.1 Å². The van der Waals surface area contributed by atoms with Crippen molar-refractivity contribution in [2.75, 3.05) is 13.2 Å². The van der Waals surface area contributed by atoms with Gasteiger partial charge in [0.1, 0.15) is 22.0 Å². The van der Waals surface area contributed by atoms with Crippen LogP contribution in [0, 0.1) is 13.8 Å². The fourth-order valence-corrected chi connectivity index (χ4v) is 3.26. The van der Waals surface area contributed by atoms with Crippen LogP contribution in [0.3, 0.4) is 0 Å². The molecule has 0 atom stereocenters. The number of carboxylic acids is 1. The largest absolute Gasteiger partial charge is 0.478 e. The van der Waals surface area contributed by atoms with Crippen LogP contribution in [-0.2, 0) is 19.6 Å². The lowest BCUT2D eigenvalue weighted by Gasteiger charge is -2.06. The molecule has 0 spiro atoms. The first-order valence-corrected chi connectivity index (χ1v) is 7.67. The summed E-state index contributed by atoms with van der Waals surface area (Å²) in [4.78, 5) is 21.9. The van der Waals surface area contributed by atoms with Crippen LogP contribution in [0.4, 0.5) is 0 Å². The van der Waals surface area contributed by atoms with E-state index in [2.05, 4.69) is 9.46 Å². The molecule has 118 valence electrons. The number of sulfonamides is 1. The highest BCUT2D eigenvalue weighted by Crippen LogP contribution is 2.26. The van der Waals surface area contributed by atoms with Gasteiger partial charge in [0.25, 0.3) is 0 Å². The Hall–Kier alpha value is -1.87. The maximum absolute atomic E-state index is 12.1. The highest BCUT2D eigenvalue weighted by molar-refractivity contribution is 7.89. The molecule has 1 aromatic heterocycles. The zero-order valence-electron chi connectivity index (χ0n) is 11.9. The molecule has 0 aromatic carbocycles. The molecule has 21 heavy (non-hydrogen) atoms. The van der Waals surface area contributed by atoms with E-state index in [9.17, 15) is 18.0 Å². The predicted octanol–water partition coefficient (Wildman–Crippen LogP) is 0.826.